The molecule has 0 bridgehead atoms. The van der Waals surface area contributed by atoms with E-state index in [0.29, 0.717) is 11.8 Å². The molecule has 96 valence electrons. The van der Waals surface area contributed by atoms with E-state index in [-0.39, 0.29) is 18.3 Å². The van der Waals surface area contributed by atoms with E-state index < -0.39 is 0 Å². The van der Waals surface area contributed by atoms with E-state index in [1.165, 1.54) is 12.8 Å². The van der Waals surface area contributed by atoms with Gasteiger partial charge in [-0.3, -0.25) is 0 Å². The van der Waals surface area contributed by atoms with Crippen molar-refractivity contribution in [3.05, 3.63) is 0 Å². The van der Waals surface area contributed by atoms with Gasteiger partial charge in [-0.25, -0.2) is 0 Å². The molecule has 0 heterocycles. The van der Waals surface area contributed by atoms with Gasteiger partial charge in [0.15, 0.2) is 0 Å². The predicted octanol–water partition coefficient (Wildman–Crippen LogP) is 3.23. The summed E-state index contributed by atoms with van der Waals surface area (Å²) >= 11 is 0. The van der Waals surface area contributed by atoms with E-state index in [2.05, 4.69) is 27.7 Å². The predicted molar refractivity (Wildman–Crippen MR) is 67.4 cm³/mol. The van der Waals surface area contributed by atoms with E-state index in [4.69, 9.17) is 9.84 Å². The van der Waals surface area contributed by atoms with Gasteiger partial charge >= 0.3 is 0 Å². The highest BCUT2D eigenvalue weighted by molar-refractivity contribution is 4.92. The molecule has 2 heteroatoms. The molecule has 4 atom stereocenters. The maximum absolute atomic E-state index is 9.15. The fourth-order valence-corrected chi connectivity index (χ4v) is 3.39. The summed E-state index contributed by atoms with van der Waals surface area (Å²) in [6, 6.07) is 0. The van der Waals surface area contributed by atoms with Crippen molar-refractivity contribution in [2.75, 3.05) is 6.61 Å². The first kappa shape index (κ1) is 14.0. The number of rotatable bonds is 4. The van der Waals surface area contributed by atoms with Gasteiger partial charge in [0.25, 0.3) is 0 Å². The van der Waals surface area contributed by atoms with Gasteiger partial charge in [-0.05, 0) is 44.4 Å². The zero-order valence-corrected chi connectivity index (χ0v) is 11.5. The van der Waals surface area contributed by atoms with Crippen LogP contribution >= 0.6 is 0 Å². The molecule has 2 unspecified atom stereocenters. The molecule has 1 saturated carbocycles. The average molecular weight is 228 g/mol. The van der Waals surface area contributed by atoms with Crippen LogP contribution in [-0.2, 0) is 4.74 Å². The molecule has 0 spiro atoms. The first-order valence-electron chi connectivity index (χ1n) is 6.67. The van der Waals surface area contributed by atoms with Gasteiger partial charge in [-0.2, -0.15) is 0 Å². The van der Waals surface area contributed by atoms with Crippen molar-refractivity contribution < 1.29 is 9.84 Å². The van der Waals surface area contributed by atoms with Crippen LogP contribution in [0.1, 0.15) is 53.9 Å². The molecule has 1 aliphatic rings. The van der Waals surface area contributed by atoms with Gasteiger partial charge < -0.3 is 9.84 Å². The summed E-state index contributed by atoms with van der Waals surface area (Å²) in [5.41, 5.74) is -0.0476. The molecule has 2 nitrogen and oxygen atoms in total. The number of aliphatic hydroxyl groups is 1. The summed E-state index contributed by atoms with van der Waals surface area (Å²) in [7, 11) is 0. The van der Waals surface area contributed by atoms with Crippen LogP contribution < -0.4 is 0 Å². The Hall–Kier alpha value is -0.0800. The van der Waals surface area contributed by atoms with Crippen molar-refractivity contribution in [1.29, 1.82) is 0 Å². The summed E-state index contributed by atoms with van der Waals surface area (Å²) in [4.78, 5) is 0. The first-order valence-corrected chi connectivity index (χ1v) is 6.67. The monoisotopic (exact) mass is 228 g/mol. The van der Waals surface area contributed by atoms with Crippen LogP contribution in [0, 0.1) is 17.8 Å². The maximum Gasteiger partial charge on any atom is 0.0785 e. The Labute approximate surface area is 100 Å². The molecule has 0 aromatic heterocycles. The van der Waals surface area contributed by atoms with Crippen LogP contribution in [0.15, 0.2) is 0 Å². The fraction of sp³-hybridized carbons (Fsp3) is 1.00. The molecule has 1 aliphatic carbocycles. The molecule has 0 aromatic rings. The average Bonchev–Trinajstić information content (AvgIpc) is 2.15. The van der Waals surface area contributed by atoms with E-state index in [0.717, 1.165) is 12.3 Å². The maximum atomic E-state index is 9.15. The lowest BCUT2D eigenvalue weighted by atomic mass is 9.67. The summed E-state index contributed by atoms with van der Waals surface area (Å²) in [5.74, 6) is 2.02. The molecule has 0 saturated heterocycles. The second kappa shape index (κ2) is 5.50. The second-order valence-electron chi connectivity index (χ2n) is 6.16. The number of aliphatic hydroxyl groups excluding tert-OH is 1. The third-order valence-corrected chi connectivity index (χ3v) is 4.04. The smallest absolute Gasteiger partial charge is 0.0785 e. The number of hydrogen-bond acceptors (Lipinski definition) is 2. The van der Waals surface area contributed by atoms with Gasteiger partial charge in [0, 0.05) is 0 Å². The Morgan fingerprint density at radius 2 is 1.94 bits per heavy atom. The summed E-state index contributed by atoms with van der Waals surface area (Å²) in [5, 5.41) is 9.15. The van der Waals surface area contributed by atoms with E-state index in [1.54, 1.807) is 0 Å². The van der Waals surface area contributed by atoms with E-state index in [1.807, 2.05) is 6.92 Å². The van der Waals surface area contributed by atoms with Gasteiger partial charge in [0.1, 0.15) is 0 Å². The molecule has 0 radical (unpaired) electrons. The van der Waals surface area contributed by atoms with Crippen LogP contribution in [-0.4, -0.2) is 23.4 Å². The summed E-state index contributed by atoms with van der Waals surface area (Å²) in [6.45, 7) is 11.2. The number of hydrogen-bond donors (Lipinski definition) is 1. The van der Waals surface area contributed by atoms with Gasteiger partial charge in [-0.1, -0.05) is 27.2 Å². The molecule has 0 aromatic carbocycles. The molecule has 1 fully saturated rings. The standard InChI is InChI=1S/C14H28O2/c1-10(2)13-7-6-11(3)8-14(13,5)16-12(4)9-15/h10-13,15H,6-9H2,1-5H3/t11-,12?,13+,14?/m1/s1. The van der Waals surface area contributed by atoms with Gasteiger partial charge in [0.05, 0.1) is 18.3 Å². The van der Waals surface area contributed by atoms with Crippen LogP contribution in [0.5, 0.6) is 0 Å². The van der Waals surface area contributed by atoms with Crippen molar-refractivity contribution in [2.45, 2.75) is 65.6 Å². The van der Waals surface area contributed by atoms with Crippen LogP contribution in [0.3, 0.4) is 0 Å². The molecule has 0 amide bonds. The van der Waals surface area contributed by atoms with Gasteiger partial charge in [0.2, 0.25) is 0 Å². The Morgan fingerprint density at radius 3 is 2.44 bits per heavy atom. The first-order chi connectivity index (χ1) is 7.39. The second-order valence-corrected chi connectivity index (χ2v) is 6.16. The Morgan fingerprint density at radius 1 is 1.31 bits per heavy atom. The highest BCUT2D eigenvalue weighted by atomic mass is 16.5. The fourth-order valence-electron chi connectivity index (χ4n) is 3.39. The lowest BCUT2D eigenvalue weighted by molar-refractivity contribution is -0.157. The third kappa shape index (κ3) is 3.21. The van der Waals surface area contributed by atoms with E-state index >= 15 is 0 Å². The van der Waals surface area contributed by atoms with Crippen molar-refractivity contribution in [3.63, 3.8) is 0 Å². The topological polar surface area (TPSA) is 29.5 Å². The molecule has 1 N–H and O–H groups in total. The molecular weight excluding hydrogens is 200 g/mol. The van der Waals surface area contributed by atoms with E-state index in [9.17, 15) is 0 Å². The largest absolute Gasteiger partial charge is 0.394 e. The van der Waals surface area contributed by atoms with Crippen molar-refractivity contribution in [1.82, 2.24) is 0 Å². The zero-order valence-electron chi connectivity index (χ0n) is 11.5. The third-order valence-electron chi connectivity index (χ3n) is 4.04. The Kier molecular flexibility index (Phi) is 4.81. The quantitative estimate of drug-likeness (QED) is 0.800. The highest BCUT2D eigenvalue weighted by Gasteiger charge is 2.42. The molecular formula is C14H28O2. The minimum absolute atomic E-state index is 0.0449. The SMILES string of the molecule is CC(CO)OC1(C)C[C@H](C)CC[C@H]1C(C)C. The minimum Gasteiger partial charge on any atom is -0.394 e. The normalized spacial score (nSPS) is 37.7. The Bertz CT molecular complexity index is 215. The molecule has 16 heavy (non-hydrogen) atoms. The van der Waals surface area contributed by atoms with Crippen LogP contribution in [0.25, 0.3) is 0 Å². The zero-order chi connectivity index (χ0) is 12.3. The minimum atomic E-state index is -0.0476. The lowest BCUT2D eigenvalue weighted by Gasteiger charge is -2.47. The van der Waals surface area contributed by atoms with Crippen molar-refractivity contribution >= 4 is 0 Å². The lowest BCUT2D eigenvalue weighted by Crippen LogP contribution is -2.47. The van der Waals surface area contributed by atoms with Crippen molar-refractivity contribution in [3.8, 4) is 0 Å². The highest BCUT2D eigenvalue weighted by Crippen LogP contribution is 2.43. The van der Waals surface area contributed by atoms with Crippen molar-refractivity contribution in [2.24, 2.45) is 17.8 Å². The summed E-state index contributed by atoms with van der Waals surface area (Å²) in [6.07, 6.45) is 3.65. The molecule has 1 rings (SSSR count). The van der Waals surface area contributed by atoms with Gasteiger partial charge in [-0.15, -0.1) is 0 Å². The number of ether oxygens (including phenoxy) is 1. The van der Waals surface area contributed by atoms with Crippen LogP contribution in [0.2, 0.25) is 0 Å². The van der Waals surface area contributed by atoms with Crippen LogP contribution in [0.4, 0.5) is 0 Å². The Balaban J connectivity index is 2.75. The summed E-state index contributed by atoms with van der Waals surface area (Å²) < 4.78 is 6.12. The molecule has 0 aliphatic heterocycles.